The third-order valence-corrected chi connectivity index (χ3v) is 10.5. The summed E-state index contributed by atoms with van der Waals surface area (Å²) in [7, 11) is 5.52. The van der Waals surface area contributed by atoms with Crippen LogP contribution in [0, 0.1) is 0 Å². The molecule has 8 heteroatoms. The van der Waals surface area contributed by atoms with E-state index < -0.39 is 18.1 Å². The average Bonchev–Trinajstić information content (AvgIpc) is 3.17. The van der Waals surface area contributed by atoms with Crippen LogP contribution in [0.4, 0.5) is 0 Å². The van der Waals surface area contributed by atoms with Crippen LogP contribution in [-0.2, 0) is 28.6 Å². The molecule has 332 valence electrons. The van der Waals surface area contributed by atoms with Crippen LogP contribution in [0.2, 0.25) is 0 Å². The number of carbonyl (C=O) groups is 3. The summed E-state index contributed by atoms with van der Waals surface area (Å²) in [6.07, 6.45) is 46.1. The Bertz CT molecular complexity index is 1030. The molecule has 0 aromatic heterocycles. The van der Waals surface area contributed by atoms with Crippen LogP contribution in [0.3, 0.4) is 0 Å². The van der Waals surface area contributed by atoms with Crippen molar-refractivity contribution in [3.8, 4) is 0 Å². The van der Waals surface area contributed by atoms with Crippen molar-refractivity contribution >= 4 is 17.9 Å². The van der Waals surface area contributed by atoms with Crippen LogP contribution < -0.4 is 0 Å². The third kappa shape index (κ3) is 38.8. The van der Waals surface area contributed by atoms with Crippen LogP contribution in [0.25, 0.3) is 0 Å². The minimum Gasteiger partial charge on any atom is -0.477 e. The molecule has 0 bridgehead atoms. The predicted octanol–water partition coefficient (Wildman–Crippen LogP) is 13.0. The van der Waals surface area contributed by atoms with Crippen LogP contribution in [0.15, 0.2) is 36.5 Å². The number of carboxylic acid groups (broad SMARTS) is 1. The molecule has 0 heterocycles. The van der Waals surface area contributed by atoms with Crippen molar-refractivity contribution in [2.75, 3.05) is 41.0 Å². The van der Waals surface area contributed by atoms with Gasteiger partial charge in [-0.2, -0.15) is 0 Å². The number of carbonyl (C=O) groups excluding carboxylic acids is 2. The summed E-state index contributed by atoms with van der Waals surface area (Å²) in [5.74, 6) is -1.49. The van der Waals surface area contributed by atoms with Gasteiger partial charge in [-0.3, -0.25) is 9.59 Å². The van der Waals surface area contributed by atoms with Crippen molar-refractivity contribution < 1.29 is 38.2 Å². The maximum absolute atomic E-state index is 12.7. The fourth-order valence-corrected chi connectivity index (χ4v) is 6.84. The number of quaternary nitrogens is 1. The number of unbranched alkanes of at least 4 members (excludes halogenated alkanes) is 23. The number of hydrogen-bond acceptors (Lipinski definition) is 6. The molecule has 0 aliphatic rings. The first kappa shape index (κ1) is 54.6. The fraction of sp³-hybridized carbons (Fsp3) is 0.816. The van der Waals surface area contributed by atoms with Crippen LogP contribution in [0.1, 0.15) is 206 Å². The standard InChI is InChI=1S/C49H89NO7/c1-6-8-10-12-14-16-18-20-21-22-23-24-25-26-28-29-31-33-35-37-39-47(51)56-44-45(43-55-42-41-46(49(53)54)50(3,4)5)57-48(52)40-38-36-34-32-30-27-19-17-15-13-11-9-7-2/h16,18,20-21,27,30,45-46H,6-15,17,19,22-26,28-29,31-44H2,1-5H3/p+1/b18-16+,21-20+,30-27+. The van der Waals surface area contributed by atoms with Crippen molar-refractivity contribution in [2.24, 2.45) is 0 Å². The second-order valence-corrected chi connectivity index (χ2v) is 17.0. The number of carboxylic acids is 1. The van der Waals surface area contributed by atoms with E-state index in [1.54, 1.807) is 0 Å². The van der Waals surface area contributed by atoms with Gasteiger partial charge in [-0.15, -0.1) is 0 Å². The zero-order chi connectivity index (χ0) is 42.1. The maximum Gasteiger partial charge on any atom is 0.362 e. The van der Waals surface area contributed by atoms with Crippen molar-refractivity contribution in [2.45, 2.75) is 219 Å². The SMILES string of the molecule is CCCCCC/C=C/C=C/CCCCCCCCCCCCC(=O)OCC(COCCC(C(=O)O)[N+](C)(C)C)OC(=O)CCCCC/C=C/CCCCCCCC. The molecule has 0 radical (unpaired) electrons. The van der Waals surface area contributed by atoms with Gasteiger partial charge in [0.15, 0.2) is 12.1 Å². The van der Waals surface area contributed by atoms with Crippen LogP contribution in [-0.4, -0.2) is 80.6 Å². The highest BCUT2D eigenvalue weighted by Gasteiger charge is 2.31. The van der Waals surface area contributed by atoms with E-state index in [9.17, 15) is 19.5 Å². The van der Waals surface area contributed by atoms with Crippen LogP contribution in [0.5, 0.6) is 0 Å². The lowest BCUT2D eigenvalue weighted by Crippen LogP contribution is -2.50. The van der Waals surface area contributed by atoms with Crippen molar-refractivity contribution in [3.05, 3.63) is 36.5 Å². The normalized spacial score (nSPS) is 13.2. The summed E-state index contributed by atoms with van der Waals surface area (Å²) in [4.78, 5) is 37.0. The summed E-state index contributed by atoms with van der Waals surface area (Å²) < 4.78 is 17.3. The Kier molecular flexibility index (Phi) is 38.6. The molecule has 0 fully saturated rings. The number of likely N-dealkylation sites (N-methyl/N-ethyl adjacent to an activating group) is 1. The largest absolute Gasteiger partial charge is 0.477 e. The number of rotatable bonds is 42. The number of esters is 2. The van der Waals surface area contributed by atoms with Crippen molar-refractivity contribution in [1.82, 2.24) is 0 Å². The van der Waals surface area contributed by atoms with E-state index >= 15 is 0 Å². The highest BCUT2D eigenvalue weighted by molar-refractivity contribution is 5.72. The number of aliphatic carboxylic acids is 1. The van der Waals surface area contributed by atoms with Gasteiger partial charge in [-0.1, -0.05) is 159 Å². The first-order valence-electron chi connectivity index (χ1n) is 23.5. The Morgan fingerprint density at radius 2 is 0.930 bits per heavy atom. The smallest absolute Gasteiger partial charge is 0.362 e. The molecule has 0 saturated carbocycles. The van der Waals surface area contributed by atoms with Gasteiger partial charge in [-0.25, -0.2) is 4.79 Å². The highest BCUT2D eigenvalue weighted by atomic mass is 16.6. The molecule has 57 heavy (non-hydrogen) atoms. The quantitative estimate of drug-likeness (QED) is 0.0216. The Balaban J connectivity index is 4.28. The first-order valence-corrected chi connectivity index (χ1v) is 23.5. The van der Waals surface area contributed by atoms with E-state index in [4.69, 9.17) is 14.2 Å². The Morgan fingerprint density at radius 3 is 1.40 bits per heavy atom. The van der Waals surface area contributed by atoms with E-state index in [0.29, 0.717) is 19.3 Å². The zero-order valence-corrected chi connectivity index (χ0v) is 37.8. The summed E-state index contributed by atoms with van der Waals surface area (Å²) in [5.41, 5.74) is 0. The van der Waals surface area contributed by atoms with E-state index in [2.05, 4.69) is 50.3 Å². The van der Waals surface area contributed by atoms with Gasteiger partial charge in [-0.05, 0) is 64.2 Å². The second-order valence-electron chi connectivity index (χ2n) is 17.0. The molecular formula is C49H90NO7+. The molecule has 0 aromatic rings. The molecule has 1 N–H and O–H groups in total. The lowest BCUT2D eigenvalue weighted by atomic mass is 10.1. The lowest BCUT2D eigenvalue weighted by Gasteiger charge is -2.31. The van der Waals surface area contributed by atoms with Gasteiger partial charge in [0.05, 0.1) is 34.4 Å². The molecule has 2 atom stereocenters. The minimum atomic E-state index is -0.877. The summed E-state index contributed by atoms with van der Waals surface area (Å²) in [6.45, 7) is 4.70. The van der Waals surface area contributed by atoms with E-state index in [-0.39, 0.29) is 36.2 Å². The molecule has 2 unspecified atom stereocenters. The maximum atomic E-state index is 12.7. The number of nitrogens with zero attached hydrogens (tertiary/aromatic N) is 1. The van der Waals surface area contributed by atoms with Gasteiger partial charge in [0.1, 0.15) is 6.61 Å². The summed E-state index contributed by atoms with van der Waals surface area (Å²) in [6, 6.07) is -0.616. The van der Waals surface area contributed by atoms with Gasteiger partial charge in [0, 0.05) is 19.3 Å². The zero-order valence-electron chi connectivity index (χ0n) is 37.8. The average molecular weight is 805 g/mol. The lowest BCUT2D eigenvalue weighted by molar-refractivity contribution is -0.887. The minimum absolute atomic E-state index is 0.0554. The molecular weight excluding hydrogens is 715 g/mol. The van der Waals surface area contributed by atoms with Crippen molar-refractivity contribution in [1.29, 1.82) is 0 Å². The fourth-order valence-electron chi connectivity index (χ4n) is 6.84. The third-order valence-electron chi connectivity index (χ3n) is 10.5. The van der Waals surface area contributed by atoms with Crippen molar-refractivity contribution in [3.63, 3.8) is 0 Å². The van der Waals surface area contributed by atoms with Gasteiger partial charge in [0.25, 0.3) is 0 Å². The number of allylic oxidation sites excluding steroid dienone is 6. The predicted molar refractivity (Wildman–Crippen MR) is 238 cm³/mol. The van der Waals surface area contributed by atoms with E-state index in [1.165, 1.54) is 122 Å². The number of ether oxygens (including phenoxy) is 3. The van der Waals surface area contributed by atoms with Gasteiger partial charge in [0.2, 0.25) is 0 Å². The molecule has 0 rings (SSSR count). The highest BCUT2D eigenvalue weighted by Crippen LogP contribution is 2.14. The van der Waals surface area contributed by atoms with Crippen LogP contribution >= 0.6 is 0 Å². The first-order chi connectivity index (χ1) is 27.6. The molecule has 0 aromatic carbocycles. The molecule has 0 amide bonds. The Hall–Kier alpha value is -2.45. The number of hydrogen-bond donors (Lipinski definition) is 1. The topological polar surface area (TPSA) is 99.1 Å². The Labute approximate surface area is 351 Å². The Morgan fingerprint density at radius 1 is 0.526 bits per heavy atom. The second kappa shape index (κ2) is 40.3. The molecule has 8 nitrogen and oxygen atoms in total. The van der Waals surface area contributed by atoms with E-state index in [0.717, 1.165) is 51.4 Å². The van der Waals surface area contributed by atoms with E-state index in [1.807, 2.05) is 21.1 Å². The molecule has 0 spiro atoms. The summed E-state index contributed by atoms with van der Waals surface area (Å²) >= 11 is 0. The molecule has 0 saturated heterocycles. The summed E-state index contributed by atoms with van der Waals surface area (Å²) in [5, 5.41) is 9.62. The van der Waals surface area contributed by atoms with Gasteiger partial charge < -0.3 is 23.8 Å². The molecule has 0 aliphatic carbocycles. The molecule has 0 aliphatic heterocycles. The van der Waals surface area contributed by atoms with Gasteiger partial charge >= 0.3 is 17.9 Å². The monoisotopic (exact) mass is 805 g/mol.